The lowest BCUT2D eigenvalue weighted by molar-refractivity contribution is -0.137. The average Bonchev–Trinajstić information content (AvgIpc) is 2.61. The van der Waals surface area contributed by atoms with E-state index in [1.165, 1.54) is 6.07 Å². The van der Waals surface area contributed by atoms with Crippen LogP contribution in [0.5, 0.6) is 0 Å². The molecule has 0 saturated carbocycles. The molecule has 144 valence electrons. The smallest absolute Gasteiger partial charge is 0.357 e. The van der Waals surface area contributed by atoms with Crippen molar-refractivity contribution in [1.82, 2.24) is 15.6 Å². The molecule has 1 aromatic heterocycles. The topological polar surface area (TPSA) is 74.3 Å². The van der Waals surface area contributed by atoms with Gasteiger partial charge in [0.15, 0.2) is 0 Å². The van der Waals surface area contributed by atoms with Crippen LogP contribution in [0, 0.1) is 5.92 Å². The predicted octanol–water partition coefficient (Wildman–Crippen LogP) is 1.96. The fourth-order valence-electron chi connectivity index (χ4n) is 2.84. The zero-order valence-corrected chi connectivity index (χ0v) is 14.8. The van der Waals surface area contributed by atoms with E-state index in [2.05, 4.69) is 15.6 Å². The van der Waals surface area contributed by atoms with E-state index in [1.807, 2.05) is 4.90 Å². The van der Waals surface area contributed by atoms with Crippen molar-refractivity contribution in [1.29, 1.82) is 0 Å². The van der Waals surface area contributed by atoms with E-state index in [0.717, 1.165) is 12.3 Å². The number of halogens is 3. The third-order valence-corrected chi connectivity index (χ3v) is 4.37. The van der Waals surface area contributed by atoms with Crippen LogP contribution >= 0.6 is 0 Å². The molecule has 9 heteroatoms. The van der Waals surface area contributed by atoms with Gasteiger partial charge in [-0.3, -0.25) is 9.59 Å². The summed E-state index contributed by atoms with van der Waals surface area (Å²) in [6.45, 7) is 4.97. The minimum Gasteiger partial charge on any atom is -0.357 e. The molecule has 1 saturated heterocycles. The number of nitrogens with one attached hydrogen (secondary N) is 2. The number of hydrogen-bond acceptors (Lipinski definition) is 4. The SMILES string of the molecule is CCNC(=O)[C@@H](C)NC(=O)C1CCN(c2ccc(C(F)(F)F)cn2)CC1. The summed E-state index contributed by atoms with van der Waals surface area (Å²) in [4.78, 5) is 29.7. The van der Waals surface area contributed by atoms with E-state index in [0.29, 0.717) is 38.3 Å². The Morgan fingerprint density at radius 1 is 1.31 bits per heavy atom. The molecule has 0 spiro atoms. The highest BCUT2D eigenvalue weighted by atomic mass is 19.4. The monoisotopic (exact) mass is 372 g/mol. The van der Waals surface area contributed by atoms with Crippen LogP contribution in [-0.4, -0.2) is 42.5 Å². The van der Waals surface area contributed by atoms with Crippen molar-refractivity contribution in [2.75, 3.05) is 24.5 Å². The Morgan fingerprint density at radius 3 is 2.46 bits per heavy atom. The first-order valence-corrected chi connectivity index (χ1v) is 8.58. The highest BCUT2D eigenvalue weighted by Gasteiger charge is 2.31. The molecule has 1 atom stereocenters. The van der Waals surface area contributed by atoms with Crippen molar-refractivity contribution in [3.05, 3.63) is 23.9 Å². The summed E-state index contributed by atoms with van der Waals surface area (Å²) in [5, 5.41) is 5.35. The molecule has 0 aromatic carbocycles. The second-order valence-corrected chi connectivity index (χ2v) is 6.29. The van der Waals surface area contributed by atoms with Gasteiger partial charge in [-0.2, -0.15) is 13.2 Å². The van der Waals surface area contributed by atoms with E-state index in [1.54, 1.807) is 13.8 Å². The molecule has 2 heterocycles. The van der Waals surface area contributed by atoms with Crippen LogP contribution in [0.25, 0.3) is 0 Å². The van der Waals surface area contributed by atoms with Gasteiger partial charge in [0.05, 0.1) is 5.56 Å². The fourth-order valence-corrected chi connectivity index (χ4v) is 2.84. The largest absolute Gasteiger partial charge is 0.417 e. The summed E-state index contributed by atoms with van der Waals surface area (Å²) in [6, 6.07) is 1.76. The quantitative estimate of drug-likeness (QED) is 0.829. The standard InChI is InChI=1S/C17H23F3N4O2/c1-3-21-15(25)11(2)23-16(26)12-6-8-24(9-7-12)14-5-4-13(10-22-14)17(18,19)20/h4-5,10-12H,3,6-9H2,1-2H3,(H,21,25)(H,23,26)/t11-/m1/s1. The Labute approximate surface area is 150 Å². The van der Waals surface area contributed by atoms with E-state index in [4.69, 9.17) is 0 Å². The third kappa shape index (κ3) is 5.09. The maximum atomic E-state index is 12.6. The van der Waals surface area contributed by atoms with Crippen molar-refractivity contribution >= 4 is 17.6 Å². The fraction of sp³-hybridized carbons (Fsp3) is 0.588. The summed E-state index contributed by atoms with van der Waals surface area (Å²) in [7, 11) is 0. The highest BCUT2D eigenvalue weighted by Crippen LogP contribution is 2.30. The molecule has 1 aliphatic heterocycles. The van der Waals surface area contributed by atoms with Crippen LogP contribution < -0.4 is 15.5 Å². The molecular formula is C17H23F3N4O2. The molecule has 26 heavy (non-hydrogen) atoms. The third-order valence-electron chi connectivity index (χ3n) is 4.37. The van der Waals surface area contributed by atoms with E-state index in [-0.39, 0.29) is 17.7 Å². The zero-order chi connectivity index (χ0) is 19.3. The van der Waals surface area contributed by atoms with Crippen molar-refractivity contribution in [3.8, 4) is 0 Å². The van der Waals surface area contributed by atoms with Gasteiger partial charge in [-0.05, 0) is 38.8 Å². The van der Waals surface area contributed by atoms with Crippen LogP contribution in [0.4, 0.5) is 19.0 Å². The zero-order valence-electron chi connectivity index (χ0n) is 14.8. The number of alkyl halides is 3. The maximum Gasteiger partial charge on any atom is 0.417 e. The summed E-state index contributed by atoms with van der Waals surface area (Å²) < 4.78 is 37.8. The number of piperidine rings is 1. The van der Waals surface area contributed by atoms with E-state index in [9.17, 15) is 22.8 Å². The van der Waals surface area contributed by atoms with Gasteiger partial charge in [-0.1, -0.05) is 0 Å². The predicted molar refractivity (Wildman–Crippen MR) is 90.5 cm³/mol. The lowest BCUT2D eigenvalue weighted by atomic mass is 9.95. The molecule has 6 nitrogen and oxygen atoms in total. The summed E-state index contributed by atoms with van der Waals surface area (Å²) in [6.07, 6.45) is -2.48. The maximum absolute atomic E-state index is 12.6. The Hall–Kier alpha value is -2.32. The number of carbonyl (C=O) groups is 2. The van der Waals surface area contributed by atoms with E-state index < -0.39 is 17.8 Å². The molecule has 1 fully saturated rings. The number of anilines is 1. The summed E-state index contributed by atoms with van der Waals surface area (Å²) >= 11 is 0. The molecule has 0 unspecified atom stereocenters. The average molecular weight is 372 g/mol. The number of hydrogen-bond donors (Lipinski definition) is 2. The minimum absolute atomic E-state index is 0.177. The number of carbonyl (C=O) groups excluding carboxylic acids is 2. The first-order chi connectivity index (χ1) is 12.2. The van der Waals surface area contributed by atoms with Gasteiger partial charge in [-0.25, -0.2) is 4.98 Å². The van der Waals surface area contributed by atoms with Crippen LogP contribution in [0.2, 0.25) is 0 Å². The number of pyridine rings is 1. The number of amides is 2. The Kier molecular flexibility index (Phi) is 6.44. The van der Waals surface area contributed by atoms with Crippen LogP contribution in [-0.2, 0) is 15.8 Å². The second kappa shape index (κ2) is 8.37. The molecule has 0 radical (unpaired) electrons. The van der Waals surface area contributed by atoms with Gasteiger partial charge in [0.2, 0.25) is 11.8 Å². The van der Waals surface area contributed by atoms with Crippen LogP contribution in [0.15, 0.2) is 18.3 Å². The Balaban J connectivity index is 1.86. The van der Waals surface area contributed by atoms with Gasteiger partial charge in [0.1, 0.15) is 11.9 Å². The first-order valence-electron chi connectivity index (χ1n) is 8.58. The molecule has 1 aromatic rings. The first kappa shape index (κ1) is 20.0. The molecule has 2 N–H and O–H groups in total. The normalized spacial score (nSPS) is 16.9. The van der Waals surface area contributed by atoms with Gasteiger partial charge >= 0.3 is 6.18 Å². The van der Waals surface area contributed by atoms with Crippen molar-refractivity contribution in [2.45, 2.75) is 38.9 Å². The molecule has 2 rings (SSSR count). The van der Waals surface area contributed by atoms with Gasteiger partial charge in [0, 0.05) is 31.7 Å². The van der Waals surface area contributed by atoms with Gasteiger partial charge in [-0.15, -0.1) is 0 Å². The highest BCUT2D eigenvalue weighted by molar-refractivity contribution is 5.88. The van der Waals surface area contributed by atoms with Crippen molar-refractivity contribution < 1.29 is 22.8 Å². The van der Waals surface area contributed by atoms with Crippen molar-refractivity contribution in [2.24, 2.45) is 5.92 Å². The van der Waals surface area contributed by atoms with Gasteiger partial charge in [0.25, 0.3) is 0 Å². The molecule has 0 aliphatic carbocycles. The summed E-state index contributed by atoms with van der Waals surface area (Å²) in [5.41, 5.74) is -0.783. The Bertz CT molecular complexity index is 626. The number of aromatic nitrogens is 1. The number of nitrogens with zero attached hydrogens (tertiary/aromatic N) is 2. The van der Waals surface area contributed by atoms with Crippen LogP contribution in [0.3, 0.4) is 0 Å². The lowest BCUT2D eigenvalue weighted by Gasteiger charge is -2.32. The van der Waals surface area contributed by atoms with E-state index >= 15 is 0 Å². The molecule has 0 bridgehead atoms. The lowest BCUT2D eigenvalue weighted by Crippen LogP contribution is -2.48. The van der Waals surface area contributed by atoms with Crippen LogP contribution in [0.1, 0.15) is 32.3 Å². The number of likely N-dealkylation sites (N-methyl/N-ethyl adjacent to an activating group) is 1. The molecule has 2 amide bonds. The van der Waals surface area contributed by atoms with Gasteiger partial charge < -0.3 is 15.5 Å². The van der Waals surface area contributed by atoms with Crippen molar-refractivity contribution in [3.63, 3.8) is 0 Å². The summed E-state index contributed by atoms with van der Waals surface area (Å²) in [5.74, 6) is -0.166. The minimum atomic E-state index is -4.41. The Morgan fingerprint density at radius 2 is 1.96 bits per heavy atom. The molecule has 1 aliphatic rings. The number of rotatable bonds is 5. The molecular weight excluding hydrogens is 349 g/mol. The second-order valence-electron chi connectivity index (χ2n) is 6.29.